The minimum atomic E-state index is -0.604. The Kier molecular flexibility index (Phi) is 3.43. The van der Waals surface area contributed by atoms with Gasteiger partial charge in [-0.15, -0.1) is 0 Å². The molecule has 0 fully saturated rings. The normalized spacial score (nSPS) is 9.93. The largest absolute Gasteiger partial charge is 0.276 e. The number of rotatable bonds is 2. The number of nitro benzene ring substituents is 1. The highest BCUT2D eigenvalue weighted by atomic mass is 127. The van der Waals surface area contributed by atoms with Gasteiger partial charge in [0.15, 0.2) is 0 Å². The number of carbonyl (C=O) groups is 1. The monoisotopic (exact) mass is 325 g/mol. The molecule has 6 heteroatoms. The van der Waals surface area contributed by atoms with Crippen LogP contribution in [0.25, 0.3) is 0 Å². The van der Waals surface area contributed by atoms with E-state index in [2.05, 4.69) is 0 Å². The minimum absolute atomic E-state index is 0.00364. The first-order chi connectivity index (χ1) is 6.43. The van der Waals surface area contributed by atoms with Crippen molar-refractivity contribution in [1.82, 2.24) is 0 Å². The summed E-state index contributed by atoms with van der Waals surface area (Å²) in [4.78, 5) is 20.9. The van der Waals surface area contributed by atoms with E-state index in [4.69, 9.17) is 11.6 Å². The van der Waals surface area contributed by atoms with Gasteiger partial charge in [-0.1, -0.05) is 0 Å². The molecule has 0 radical (unpaired) electrons. The Hall–Kier alpha value is -0.690. The van der Waals surface area contributed by atoms with Crippen LogP contribution in [0.1, 0.15) is 15.9 Å². The molecule has 0 aliphatic heterocycles. The maximum absolute atomic E-state index is 10.9. The third-order valence-electron chi connectivity index (χ3n) is 1.69. The van der Waals surface area contributed by atoms with Gasteiger partial charge in [-0.05, 0) is 47.2 Å². The molecule has 0 N–H and O–H groups in total. The van der Waals surface area contributed by atoms with Crippen LogP contribution >= 0.6 is 34.2 Å². The molecule has 1 aromatic rings. The highest BCUT2D eigenvalue weighted by Crippen LogP contribution is 2.25. The van der Waals surface area contributed by atoms with Gasteiger partial charge in [-0.25, -0.2) is 0 Å². The van der Waals surface area contributed by atoms with E-state index in [1.807, 2.05) is 22.6 Å². The lowest BCUT2D eigenvalue weighted by Gasteiger charge is -2.01. The predicted octanol–water partition coefficient (Wildman–Crippen LogP) is 2.89. The van der Waals surface area contributed by atoms with E-state index in [0.717, 1.165) is 0 Å². The van der Waals surface area contributed by atoms with Gasteiger partial charge in [-0.3, -0.25) is 14.9 Å². The molecule has 74 valence electrons. The standard InChI is InChI=1S/C8H5ClINO3/c1-4-2-5(8(9)12)6(10)3-7(4)11(13)14/h2-3H,1H3. The van der Waals surface area contributed by atoms with Gasteiger partial charge in [0.2, 0.25) is 0 Å². The van der Waals surface area contributed by atoms with E-state index in [0.29, 0.717) is 14.7 Å². The van der Waals surface area contributed by atoms with E-state index in [-0.39, 0.29) is 5.69 Å². The molecule has 0 heterocycles. The van der Waals surface area contributed by atoms with E-state index < -0.39 is 10.2 Å². The first-order valence-electron chi connectivity index (χ1n) is 3.58. The second kappa shape index (κ2) is 4.22. The third kappa shape index (κ3) is 2.21. The van der Waals surface area contributed by atoms with Gasteiger partial charge < -0.3 is 0 Å². The van der Waals surface area contributed by atoms with Crippen LogP contribution in [-0.4, -0.2) is 10.2 Å². The van der Waals surface area contributed by atoms with Crippen LogP contribution in [0, 0.1) is 20.6 Å². The van der Waals surface area contributed by atoms with Crippen molar-refractivity contribution in [3.63, 3.8) is 0 Å². The van der Waals surface area contributed by atoms with Crippen molar-refractivity contribution in [2.75, 3.05) is 0 Å². The summed E-state index contributed by atoms with van der Waals surface area (Å²) in [6.45, 7) is 1.57. The van der Waals surface area contributed by atoms with Crippen LogP contribution in [0.15, 0.2) is 12.1 Å². The Balaban J connectivity index is 3.38. The predicted molar refractivity (Wildman–Crippen MR) is 60.7 cm³/mol. The zero-order valence-corrected chi connectivity index (χ0v) is 10.00. The number of aryl methyl sites for hydroxylation is 1. The molecule has 0 spiro atoms. The molecule has 0 unspecified atom stereocenters. The van der Waals surface area contributed by atoms with Crippen molar-refractivity contribution in [2.24, 2.45) is 0 Å². The molecule has 1 aromatic carbocycles. The average Bonchev–Trinajstić information content (AvgIpc) is 2.07. The molecule has 0 aromatic heterocycles. The minimum Gasteiger partial charge on any atom is -0.276 e. The summed E-state index contributed by atoms with van der Waals surface area (Å²) in [5, 5.41) is 9.94. The lowest BCUT2D eigenvalue weighted by atomic mass is 10.1. The average molecular weight is 325 g/mol. The maximum atomic E-state index is 10.9. The van der Waals surface area contributed by atoms with Gasteiger partial charge >= 0.3 is 0 Å². The Labute approximate surface area is 98.5 Å². The zero-order valence-electron chi connectivity index (χ0n) is 7.08. The summed E-state index contributed by atoms with van der Waals surface area (Å²) < 4.78 is 0.486. The molecule has 0 amide bonds. The molecule has 0 saturated heterocycles. The number of nitrogens with zero attached hydrogens (tertiary/aromatic N) is 1. The van der Waals surface area contributed by atoms with Crippen molar-refractivity contribution in [2.45, 2.75) is 6.92 Å². The van der Waals surface area contributed by atoms with Gasteiger partial charge in [0.05, 0.1) is 4.92 Å². The van der Waals surface area contributed by atoms with Crippen molar-refractivity contribution in [3.05, 3.63) is 36.9 Å². The Morgan fingerprint density at radius 1 is 1.57 bits per heavy atom. The van der Waals surface area contributed by atoms with E-state index >= 15 is 0 Å². The van der Waals surface area contributed by atoms with Crippen molar-refractivity contribution in [1.29, 1.82) is 0 Å². The third-order valence-corrected chi connectivity index (χ3v) is 2.79. The van der Waals surface area contributed by atoms with Gasteiger partial charge in [0, 0.05) is 20.8 Å². The fourth-order valence-corrected chi connectivity index (χ4v) is 2.03. The Morgan fingerprint density at radius 2 is 2.14 bits per heavy atom. The first kappa shape index (κ1) is 11.4. The lowest BCUT2D eigenvalue weighted by Crippen LogP contribution is -1.98. The highest BCUT2D eigenvalue weighted by Gasteiger charge is 2.16. The lowest BCUT2D eigenvalue weighted by molar-refractivity contribution is -0.385. The number of hydrogen-bond acceptors (Lipinski definition) is 3. The number of carbonyl (C=O) groups excluding carboxylic acids is 1. The SMILES string of the molecule is Cc1cc(C(=O)Cl)c(I)cc1[N+](=O)[O-]. The number of nitro groups is 1. The van der Waals surface area contributed by atoms with Crippen LogP contribution in [0.5, 0.6) is 0 Å². The van der Waals surface area contributed by atoms with E-state index in [1.165, 1.54) is 12.1 Å². The van der Waals surface area contributed by atoms with Crippen molar-refractivity contribution < 1.29 is 9.72 Å². The molecule has 4 nitrogen and oxygen atoms in total. The maximum Gasteiger partial charge on any atom is 0.273 e. The topological polar surface area (TPSA) is 60.2 Å². The Morgan fingerprint density at radius 3 is 2.57 bits per heavy atom. The quantitative estimate of drug-likeness (QED) is 0.363. The van der Waals surface area contributed by atoms with Crippen molar-refractivity contribution in [3.8, 4) is 0 Å². The smallest absolute Gasteiger partial charge is 0.273 e. The van der Waals surface area contributed by atoms with Crippen LogP contribution in [0.4, 0.5) is 5.69 Å². The molecular weight excluding hydrogens is 320 g/mol. The van der Waals surface area contributed by atoms with Crippen LogP contribution in [0.3, 0.4) is 0 Å². The summed E-state index contributed by atoms with van der Waals surface area (Å²) in [6.07, 6.45) is 0. The zero-order chi connectivity index (χ0) is 10.9. The fraction of sp³-hybridized carbons (Fsp3) is 0.125. The number of hydrogen-bond donors (Lipinski definition) is 0. The summed E-state index contributed by atoms with van der Waals surface area (Å²) in [6, 6.07) is 2.76. The molecule has 0 aliphatic rings. The van der Waals surface area contributed by atoms with Crippen LogP contribution in [-0.2, 0) is 0 Å². The summed E-state index contributed by atoms with van der Waals surface area (Å²) in [5.74, 6) is 0. The molecule has 1 rings (SSSR count). The summed E-state index contributed by atoms with van der Waals surface area (Å²) >= 11 is 7.14. The second-order valence-corrected chi connectivity index (χ2v) is 4.15. The van der Waals surface area contributed by atoms with E-state index in [9.17, 15) is 14.9 Å². The molecule has 0 saturated carbocycles. The van der Waals surface area contributed by atoms with Gasteiger partial charge in [0.1, 0.15) is 0 Å². The second-order valence-electron chi connectivity index (χ2n) is 2.65. The van der Waals surface area contributed by atoms with Crippen LogP contribution in [0.2, 0.25) is 0 Å². The molecule has 0 atom stereocenters. The van der Waals surface area contributed by atoms with E-state index in [1.54, 1.807) is 6.92 Å². The summed E-state index contributed by atoms with van der Waals surface area (Å²) in [5.41, 5.74) is 0.728. The molecular formula is C8H5ClINO3. The van der Waals surface area contributed by atoms with Gasteiger partial charge in [0.25, 0.3) is 10.9 Å². The summed E-state index contributed by atoms with van der Waals surface area (Å²) in [7, 11) is 0. The molecule has 0 aliphatic carbocycles. The number of halogens is 2. The Bertz CT molecular complexity index is 380. The highest BCUT2D eigenvalue weighted by molar-refractivity contribution is 14.1. The molecule has 14 heavy (non-hydrogen) atoms. The molecule has 0 bridgehead atoms. The van der Waals surface area contributed by atoms with Crippen molar-refractivity contribution >= 4 is 45.1 Å². The number of benzene rings is 1. The first-order valence-corrected chi connectivity index (χ1v) is 5.03. The van der Waals surface area contributed by atoms with Gasteiger partial charge in [-0.2, -0.15) is 0 Å². The van der Waals surface area contributed by atoms with Crippen LogP contribution < -0.4 is 0 Å². The fourth-order valence-electron chi connectivity index (χ4n) is 1.02.